The highest BCUT2D eigenvalue weighted by Gasteiger charge is 2.19. The van der Waals surface area contributed by atoms with Crippen molar-refractivity contribution in [2.75, 3.05) is 12.3 Å². The lowest BCUT2D eigenvalue weighted by atomic mass is 10.0. The largest absolute Gasteiger partial charge is 0.295 e. The van der Waals surface area contributed by atoms with Crippen LogP contribution in [0.1, 0.15) is 70.2 Å². The summed E-state index contributed by atoms with van der Waals surface area (Å²) in [5.74, 6) is 1.14. The van der Waals surface area contributed by atoms with Crippen molar-refractivity contribution in [1.29, 1.82) is 0 Å². The number of rotatable bonds is 8. The van der Waals surface area contributed by atoms with Crippen molar-refractivity contribution in [2.24, 2.45) is 0 Å². The average Bonchev–Trinajstić information content (AvgIpc) is 2.49. The summed E-state index contributed by atoms with van der Waals surface area (Å²) in [6, 6.07) is 2.84. The Balaban J connectivity index is 1.88. The Kier molecular flexibility index (Phi) is 7.67. The van der Waals surface area contributed by atoms with Crippen molar-refractivity contribution in [1.82, 2.24) is 14.9 Å². The van der Waals surface area contributed by atoms with Gasteiger partial charge in [-0.1, -0.05) is 44.4 Å². The lowest BCUT2D eigenvalue weighted by Crippen LogP contribution is -2.37. The molecule has 0 amide bonds. The molecule has 0 spiro atoms. The Hall–Kier alpha value is -0.610. The molecule has 0 aliphatic carbocycles. The zero-order valence-electron chi connectivity index (χ0n) is 14.5. The number of likely N-dealkylation sites (tertiary alicyclic amines) is 1. The molecule has 2 rings (SSSR count). The van der Waals surface area contributed by atoms with Gasteiger partial charge in [0, 0.05) is 24.0 Å². The molecule has 1 aromatic heterocycles. The van der Waals surface area contributed by atoms with Crippen LogP contribution in [0, 0.1) is 6.92 Å². The fourth-order valence-corrected chi connectivity index (χ4v) is 3.96. The molecule has 124 valence electrons. The number of piperidine rings is 1. The number of aromatic nitrogens is 2. The van der Waals surface area contributed by atoms with E-state index in [2.05, 4.69) is 36.7 Å². The number of hydrogen-bond donors (Lipinski definition) is 0. The molecule has 1 atom stereocenters. The minimum Gasteiger partial charge on any atom is -0.295 e. The number of nitrogens with zero attached hydrogens (tertiary/aromatic N) is 3. The van der Waals surface area contributed by atoms with Crippen molar-refractivity contribution >= 4 is 11.8 Å². The topological polar surface area (TPSA) is 29.0 Å². The number of unbranched alkanes of at least 4 members (excludes halogenated alkanes) is 3. The smallest absolute Gasteiger partial charge is 0.188 e. The second-order valence-corrected chi connectivity index (χ2v) is 7.57. The van der Waals surface area contributed by atoms with E-state index in [1.54, 1.807) is 0 Å². The van der Waals surface area contributed by atoms with Crippen molar-refractivity contribution in [3.63, 3.8) is 0 Å². The molecule has 1 aliphatic heterocycles. The monoisotopic (exact) mass is 321 g/mol. The first-order valence-corrected chi connectivity index (χ1v) is 9.89. The molecule has 22 heavy (non-hydrogen) atoms. The van der Waals surface area contributed by atoms with E-state index in [4.69, 9.17) is 4.98 Å². The first-order valence-electron chi connectivity index (χ1n) is 8.90. The SMILES string of the molecule is CCCCCCSc1nc(C)cc(CN2CCCCC2C)n1. The van der Waals surface area contributed by atoms with Gasteiger partial charge < -0.3 is 0 Å². The predicted octanol–water partition coefficient (Wildman–Crippen LogP) is 4.83. The molecule has 1 aromatic rings. The molecule has 3 nitrogen and oxygen atoms in total. The minimum absolute atomic E-state index is 0.689. The quantitative estimate of drug-likeness (QED) is 0.389. The van der Waals surface area contributed by atoms with Crippen molar-refractivity contribution in [2.45, 2.75) is 83.5 Å². The van der Waals surface area contributed by atoms with E-state index in [-0.39, 0.29) is 0 Å². The van der Waals surface area contributed by atoms with E-state index >= 15 is 0 Å². The van der Waals surface area contributed by atoms with Gasteiger partial charge in [0.2, 0.25) is 0 Å². The lowest BCUT2D eigenvalue weighted by molar-refractivity contribution is 0.150. The normalized spacial score (nSPS) is 19.5. The van der Waals surface area contributed by atoms with Gasteiger partial charge in [-0.25, -0.2) is 9.97 Å². The van der Waals surface area contributed by atoms with E-state index in [0.717, 1.165) is 23.1 Å². The molecule has 4 heteroatoms. The van der Waals surface area contributed by atoms with Gasteiger partial charge in [-0.2, -0.15) is 0 Å². The molecule has 2 heterocycles. The Morgan fingerprint density at radius 1 is 1.23 bits per heavy atom. The summed E-state index contributed by atoms with van der Waals surface area (Å²) >= 11 is 1.82. The summed E-state index contributed by atoms with van der Waals surface area (Å²) in [4.78, 5) is 12.0. The van der Waals surface area contributed by atoms with E-state index in [0.29, 0.717) is 6.04 Å². The Morgan fingerprint density at radius 2 is 2.09 bits per heavy atom. The van der Waals surface area contributed by atoms with Gasteiger partial charge in [0.1, 0.15) is 0 Å². The Labute approximate surface area is 140 Å². The van der Waals surface area contributed by atoms with Gasteiger partial charge in [0.25, 0.3) is 0 Å². The van der Waals surface area contributed by atoms with Gasteiger partial charge in [0.05, 0.1) is 5.69 Å². The maximum atomic E-state index is 4.79. The second kappa shape index (κ2) is 9.51. The van der Waals surface area contributed by atoms with Crippen LogP contribution in [0.15, 0.2) is 11.2 Å². The van der Waals surface area contributed by atoms with Crippen LogP contribution in [0.4, 0.5) is 0 Å². The summed E-state index contributed by atoms with van der Waals surface area (Å²) in [5.41, 5.74) is 2.29. The first-order chi connectivity index (χ1) is 10.7. The van der Waals surface area contributed by atoms with Gasteiger partial charge >= 0.3 is 0 Å². The number of thioether (sulfide) groups is 1. The summed E-state index contributed by atoms with van der Waals surface area (Å²) in [6.45, 7) is 8.88. The van der Waals surface area contributed by atoms with Crippen LogP contribution in [0.25, 0.3) is 0 Å². The zero-order valence-corrected chi connectivity index (χ0v) is 15.3. The molecule has 0 saturated carbocycles. The van der Waals surface area contributed by atoms with Crippen molar-refractivity contribution < 1.29 is 0 Å². The molecule has 0 radical (unpaired) electrons. The van der Waals surface area contributed by atoms with Crippen molar-refractivity contribution in [3.8, 4) is 0 Å². The van der Waals surface area contributed by atoms with Gasteiger partial charge in [0.15, 0.2) is 5.16 Å². The third kappa shape index (κ3) is 5.88. The standard InChI is InChI=1S/C18H31N3S/c1-4-5-6-9-12-22-18-19-15(2)13-17(20-18)14-21-11-8-7-10-16(21)3/h13,16H,4-12,14H2,1-3H3. The summed E-state index contributed by atoms with van der Waals surface area (Å²) in [7, 11) is 0. The third-order valence-electron chi connectivity index (χ3n) is 4.42. The van der Waals surface area contributed by atoms with Crippen LogP contribution in [0.3, 0.4) is 0 Å². The fourth-order valence-electron chi connectivity index (χ4n) is 3.04. The maximum absolute atomic E-state index is 4.79. The Bertz CT molecular complexity index is 450. The maximum Gasteiger partial charge on any atom is 0.188 e. The van der Waals surface area contributed by atoms with Crippen LogP contribution in [0.2, 0.25) is 0 Å². The highest BCUT2D eigenvalue weighted by molar-refractivity contribution is 7.99. The third-order valence-corrected chi connectivity index (χ3v) is 5.36. The van der Waals surface area contributed by atoms with Crippen LogP contribution in [-0.4, -0.2) is 33.2 Å². The number of aryl methyl sites for hydroxylation is 1. The molecule has 0 bridgehead atoms. The average molecular weight is 322 g/mol. The molecular weight excluding hydrogens is 290 g/mol. The van der Waals surface area contributed by atoms with Crippen molar-refractivity contribution in [3.05, 3.63) is 17.5 Å². The highest BCUT2D eigenvalue weighted by atomic mass is 32.2. The molecule has 1 aliphatic rings. The molecule has 1 fully saturated rings. The van der Waals surface area contributed by atoms with Gasteiger partial charge in [-0.15, -0.1) is 0 Å². The van der Waals surface area contributed by atoms with Crippen LogP contribution in [0.5, 0.6) is 0 Å². The van der Waals surface area contributed by atoms with Gasteiger partial charge in [-0.05, 0) is 45.7 Å². The first kappa shape index (κ1) is 17.7. The van der Waals surface area contributed by atoms with E-state index in [9.17, 15) is 0 Å². The molecule has 1 saturated heterocycles. The summed E-state index contributed by atoms with van der Waals surface area (Å²) in [5, 5.41) is 0.969. The zero-order chi connectivity index (χ0) is 15.8. The summed E-state index contributed by atoms with van der Waals surface area (Å²) < 4.78 is 0. The molecular formula is C18H31N3S. The predicted molar refractivity (Wildman–Crippen MR) is 95.4 cm³/mol. The van der Waals surface area contributed by atoms with Crippen LogP contribution in [-0.2, 0) is 6.54 Å². The van der Waals surface area contributed by atoms with E-state index in [1.807, 2.05) is 11.8 Å². The number of hydrogen-bond acceptors (Lipinski definition) is 4. The van der Waals surface area contributed by atoms with Crippen LogP contribution < -0.4 is 0 Å². The Morgan fingerprint density at radius 3 is 2.86 bits per heavy atom. The minimum atomic E-state index is 0.689. The van der Waals surface area contributed by atoms with E-state index < -0.39 is 0 Å². The van der Waals surface area contributed by atoms with E-state index in [1.165, 1.54) is 57.2 Å². The molecule has 1 unspecified atom stereocenters. The molecule has 0 N–H and O–H groups in total. The summed E-state index contributed by atoms with van der Waals surface area (Å²) in [6.07, 6.45) is 9.26. The van der Waals surface area contributed by atoms with Gasteiger partial charge in [-0.3, -0.25) is 4.90 Å². The second-order valence-electron chi connectivity index (χ2n) is 6.51. The molecule has 0 aromatic carbocycles. The highest BCUT2D eigenvalue weighted by Crippen LogP contribution is 2.21. The lowest BCUT2D eigenvalue weighted by Gasteiger charge is -2.33. The fraction of sp³-hybridized carbons (Fsp3) is 0.778. The van der Waals surface area contributed by atoms with Crippen LogP contribution >= 0.6 is 11.8 Å².